The molecule has 0 aliphatic heterocycles. The van der Waals surface area contributed by atoms with Crippen LogP contribution in [-0.4, -0.2) is 32.2 Å². The highest BCUT2D eigenvalue weighted by atomic mass is 32.2. The summed E-state index contributed by atoms with van der Waals surface area (Å²) in [5.74, 6) is 0.381. The van der Waals surface area contributed by atoms with Crippen molar-refractivity contribution in [1.82, 2.24) is 19.2 Å². The Labute approximate surface area is 199 Å². The van der Waals surface area contributed by atoms with Crippen molar-refractivity contribution in [2.24, 2.45) is 0 Å². The van der Waals surface area contributed by atoms with Gasteiger partial charge in [-0.1, -0.05) is 47.7 Å². The maximum atomic E-state index is 13.3. The van der Waals surface area contributed by atoms with Gasteiger partial charge in [-0.2, -0.15) is 0 Å². The summed E-state index contributed by atoms with van der Waals surface area (Å²) in [5.41, 5.74) is 3.03. The summed E-state index contributed by atoms with van der Waals surface area (Å²) >= 11 is 1.38. The number of carbonyl (C=O) groups excluding carboxylic acids is 1. The smallest absolute Gasteiger partial charge is 0.351 e. The first-order valence-electron chi connectivity index (χ1n) is 10.6. The minimum atomic E-state index is -0.403. The number of nitrogens with zero attached hydrogens (tertiary/aromatic N) is 4. The maximum absolute atomic E-state index is 13.3. The molecule has 0 saturated heterocycles. The summed E-state index contributed by atoms with van der Waals surface area (Å²) in [7, 11) is 1.61. The van der Waals surface area contributed by atoms with Crippen LogP contribution in [0.4, 0.5) is 5.69 Å². The van der Waals surface area contributed by atoms with Gasteiger partial charge in [0.05, 0.1) is 18.1 Å². The summed E-state index contributed by atoms with van der Waals surface area (Å²) in [6.07, 6.45) is 0. The van der Waals surface area contributed by atoms with Gasteiger partial charge in [0.2, 0.25) is 5.91 Å². The van der Waals surface area contributed by atoms with Gasteiger partial charge < -0.3 is 10.1 Å². The number of benzene rings is 3. The quantitative estimate of drug-likeness (QED) is 0.400. The lowest BCUT2D eigenvalue weighted by atomic mass is 10.2. The number of aryl methyl sites for hydroxylation is 1. The molecule has 5 rings (SSSR count). The number of fused-ring (bicyclic) bond motifs is 3. The van der Waals surface area contributed by atoms with E-state index in [2.05, 4.69) is 10.4 Å². The largest absolute Gasteiger partial charge is 0.497 e. The van der Waals surface area contributed by atoms with Crippen molar-refractivity contribution in [1.29, 1.82) is 0 Å². The molecule has 0 atom stereocenters. The van der Waals surface area contributed by atoms with Crippen LogP contribution in [0.25, 0.3) is 16.7 Å². The predicted octanol–water partition coefficient (Wildman–Crippen LogP) is 4.15. The summed E-state index contributed by atoms with van der Waals surface area (Å²) in [4.78, 5) is 31.6. The molecule has 0 aliphatic rings. The minimum absolute atomic E-state index is 0.216. The fraction of sp³-hybridized carbons (Fsp3) is 0.120. The molecule has 9 heteroatoms. The lowest BCUT2D eigenvalue weighted by molar-refractivity contribution is -0.117. The molecule has 170 valence electrons. The summed E-state index contributed by atoms with van der Waals surface area (Å²) in [6, 6.07) is 22.4. The lowest BCUT2D eigenvalue weighted by Gasteiger charge is -2.07. The number of hydrogen-bond acceptors (Lipinski definition) is 6. The molecule has 34 heavy (non-hydrogen) atoms. The Hall–Kier alpha value is -4.11. The predicted molar refractivity (Wildman–Crippen MR) is 132 cm³/mol. The fourth-order valence-corrected chi connectivity index (χ4v) is 4.50. The number of hydrogen-bond donors (Lipinski definition) is 1. The van der Waals surface area contributed by atoms with Crippen molar-refractivity contribution in [3.63, 3.8) is 0 Å². The molecule has 1 amide bonds. The number of rotatable bonds is 6. The van der Waals surface area contributed by atoms with Crippen LogP contribution < -0.4 is 15.7 Å². The Morgan fingerprint density at radius 3 is 2.65 bits per heavy atom. The molecule has 8 nitrogen and oxygen atoms in total. The molecule has 5 aromatic rings. The highest BCUT2D eigenvalue weighted by molar-refractivity contribution is 7.99. The summed E-state index contributed by atoms with van der Waals surface area (Å²) < 4.78 is 7.99. The lowest BCUT2D eigenvalue weighted by Crippen LogP contribution is -2.28. The average Bonchev–Trinajstić information content (AvgIpc) is 3.17. The van der Waals surface area contributed by atoms with Crippen molar-refractivity contribution in [2.45, 2.75) is 23.4 Å². The summed E-state index contributed by atoms with van der Waals surface area (Å²) in [5, 5.41) is 7.86. The Bertz CT molecular complexity index is 1570. The van der Waals surface area contributed by atoms with Crippen molar-refractivity contribution in [2.75, 3.05) is 12.4 Å². The second-order valence-corrected chi connectivity index (χ2v) is 8.76. The highest BCUT2D eigenvalue weighted by Crippen LogP contribution is 2.32. The molecule has 0 unspecified atom stereocenters. The van der Waals surface area contributed by atoms with E-state index in [1.807, 2.05) is 79.7 Å². The average molecular weight is 472 g/mol. The van der Waals surface area contributed by atoms with Crippen LogP contribution in [0.2, 0.25) is 0 Å². The molecule has 3 aromatic carbocycles. The minimum Gasteiger partial charge on any atom is -0.497 e. The number of nitrogens with one attached hydrogen (secondary N) is 1. The zero-order valence-electron chi connectivity index (χ0n) is 18.6. The second-order valence-electron chi connectivity index (χ2n) is 7.70. The van der Waals surface area contributed by atoms with E-state index in [1.54, 1.807) is 7.11 Å². The maximum Gasteiger partial charge on any atom is 0.351 e. The number of anilines is 1. The Morgan fingerprint density at radius 1 is 1.06 bits per heavy atom. The van der Waals surface area contributed by atoms with Gasteiger partial charge >= 0.3 is 5.69 Å². The summed E-state index contributed by atoms with van der Waals surface area (Å²) in [6.45, 7) is 1.76. The van der Waals surface area contributed by atoms with E-state index in [4.69, 9.17) is 9.72 Å². The van der Waals surface area contributed by atoms with Crippen LogP contribution in [0.3, 0.4) is 0 Å². The molecular weight excluding hydrogens is 450 g/mol. The van der Waals surface area contributed by atoms with E-state index in [-0.39, 0.29) is 12.5 Å². The third-order valence-electron chi connectivity index (χ3n) is 5.26. The first-order valence-corrected chi connectivity index (χ1v) is 11.4. The monoisotopic (exact) mass is 471 g/mol. The van der Waals surface area contributed by atoms with Crippen molar-refractivity contribution in [3.05, 3.63) is 88.8 Å². The SMILES string of the molecule is COc1cccc(Sc2nc3ccccc3n3c(=O)n(CC(=O)Nc4ccc(C)cc4)nc23)c1. The van der Waals surface area contributed by atoms with Crippen LogP contribution in [-0.2, 0) is 11.3 Å². The van der Waals surface area contributed by atoms with Crippen LogP contribution >= 0.6 is 11.8 Å². The van der Waals surface area contributed by atoms with Gasteiger partial charge in [-0.25, -0.2) is 18.9 Å². The molecule has 2 aromatic heterocycles. The normalized spacial score (nSPS) is 11.1. The molecule has 0 fully saturated rings. The molecule has 1 N–H and O–H groups in total. The van der Waals surface area contributed by atoms with Crippen LogP contribution in [0.1, 0.15) is 5.56 Å². The van der Waals surface area contributed by atoms with E-state index >= 15 is 0 Å². The number of methoxy groups -OCH3 is 1. The molecule has 2 heterocycles. The molecule has 0 aliphatic carbocycles. The van der Waals surface area contributed by atoms with Gasteiger partial charge in [-0.05, 0) is 49.4 Å². The van der Waals surface area contributed by atoms with E-state index in [0.717, 1.165) is 16.2 Å². The van der Waals surface area contributed by atoms with E-state index in [9.17, 15) is 9.59 Å². The van der Waals surface area contributed by atoms with Gasteiger partial charge in [-0.15, -0.1) is 5.10 Å². The first-order chi connectivity index (χ1) is 16.5. The molecule has 0 spiro atoms. The Kier molecular flexibility index (Phi) is 5.77. The van der Waals surface area contributed by atoms with Gasteiger partial charge in [0.1, 0.15) is 17.3 Å². The standard InChI is InChI=1S/C25H21N5O3S/c1-16-10-12-17(13-11-16)26-22(31)15-29-25(32)30-21-9-4-3-8-20(21)27-24(23(30)28-29)34-19-7-5-6-18(14-19)33-2/h3-14H,15H2,1-2H3,(H,26,31). The van der Waals surface area contributed by atoms with Crippen molar-refractivity contribution < 1.29 is 9.53 Å². The van der Waals surface area contributed by atoms with Crippen LogP contribution in [0.15, 0.2) is 87.5 Å². The number of aromatic nitrogens is 4. The number of carbonyl (C=O) groups is 1. The molecule has 0 radical (unpaired) electrons. The third-order valence-corrected chi connectivity index (χ3v) is 6.22. The second kappa shape index (κ2) is 9.03. The number of ether oxygens (including phenoxy) is 1. The van der Waals surface area contributed by atoms with Gasteiger partial charge in [-0.3, -0.25) is 4.79 Å². The zero-order chi connectivity index (χ0) is 23.7. The molecule has 0 bridgehead atoms. The zero-order valence-corrected chi connectivity index (χ0v) is 19.4. The van der Waals surface area contributed by atoms with Crippen LogP contribution in [0, 0.1) is 6.92 Å². The van der Waals surface area contributed by atoms with Gasteiger partial charge in [0.25, 0.3) is 0 Å². The van der Waals surface area contributed by atoms with E-state index in [0.29, 0.717) is 27.4 Å². The number of amides is 1. The molecular formula is C25H21N5O3S. The van der Waals surface area contributed by atoms with Crippen LogP contribution in [0.5, 0.6) is 5.75 Å². The van der Waals surface area contributed by atoms with E-state index < -0.39 is 5.69 Å². The Balaban J connectivity index is 1.55. The first kappa shape index (κ1) is 21.7. The highest BCUT2D eigenvalue weighted by Gasteiger charge is 2.18. The van der Waals surface area contributed by atoms with Crippen molar-refractivity contribution >= 4 is 40.0 Å². The van der Waals surface area contributed by atoms with Crippen molar-refractivity contribution in [3.8, 4) is 5.75 Å². The molecule has 0 saturated carbocycles. The topological polar surface area (TPSA) is 90.5 Å². The van der Waals surface area contributed by atoms with Gasteiger partial charge in [0, 0.05) is 10.6 Å². The fourth-order valence-electron chi connectivity index (χ4n) is 3.59. The number of para-hydroxylation sites is 2. The van der Waals surface area contributed by atoms with Gasteiger partial charge in [0.15, 0.2) is 5.65 Å². The third kappa shape index (κ3) is 4.25. The Morgan fingerprint density at radius 2 is 1.85 bits per heavy atom. The van der Waals surface area contributed by atoms with E-state index in [1.165, 1.54) is 20.8 Å².